The van der Waals surface area contributed by atoms with E-state index < -0.39 is 23.3 Å². The van der Waals surface area contributed by atoms with E-state index in [-0.39, 0.29) is 5.56 Å². The average Bonchev–Trinajstić information content (AvgIpc) is 2.28. The van der Waals surface area contributed by atoms with Crippen LogP contribution < -0.4 is 5.73 Å². The molecule has 0 saturated heterocycles. The number of Topliss-reactive ketones (excluding diaryl/α,β-unsaturated/α-hetero) is 2. The zero-order valence-corrected chi connectivity index (χ0v) is 8.08. The lowest BCUT2D eigenvalue weighted by molar-refractivity contribution is -0.156. The van der Waals surface area contributed by atoms with Gasteiger partial charge in [0, 0.05) is 5.56 Å². The molecule has 4 N–H and O–H groups in total. The van der Waals surface area contributed by atoms with Gasteiger partial charge in [-0.2, -0.15) is 0 Å². The minimum atomic E-state index is -3.03. The zero-order chi connectivity index (χ0) is 12.3. The van der Waals surface area contributed by atoms with Crippen LogP contribution >= 0.6 is 0 Å². The van der Waals surface area contributed by atoms with Crippen LogP contribution in [-0.2, 0) is 9.59 Å². The molecular weight excluding hydrogens is 214 g/mol. The highest BCUT2D eigenvalue weighted by molar-refractivity contribution is 6.42. The molecule has 1 rings (SSSR count). The second-order valence-electron chi connectivity index (χ2n) is 3.10. The van der Waals surface area contributed by atoms with E-state index in [0.29, 0.717) is 0 Å². The molecule has 0 aliphatic heterocycles. The normalized spacial score (nSPS) is 13.9. The second kappa shape index (κ2) is 4.21. The van der Waals surface area contributed by atoms with Gasteiger partial charge in [0.15, 0.2) is 0 Å². The highest BCUT2D eigenvalue weighted by Gasteiger charge is 2.44. The van der Waals surface area contributed by atoms with Gasteiger partial charge in [-0.25, -0.2) is 4.79 Å². The lowest BCUT2D eigenvalue weighted by atomic mass is 9.98. The Bertz CT molecular complexity index is 438. The lowest BCUT2D eigenvalue weighted by Gasteiger charge is -2.17. The summed E-state index contributed by atoms with van der Waals surface area (Å²) in [7, 11) is 0. The maximum atomic E-state index is 11.6. The van der Waals surface area contributed by atoms with Crippen molar-refractivity contribution >= 4 is 17.5 Å². The number of hydrogen-bond acceptors (Lipinski definition) is 5. The van der Waals surface area contributed by atoms with E-state index in [9.17, 15) is 19.5 Å². The van der Waals surface area contributed by atoms with Crippen molar-refractivity contribution in [3.05, 3.63) is 35.9 Å². The van der Waals surface area contributed by atoms with Gasteiger partial charge >= 0.3 is 5.97 Å². The molecule has 0 fully saturated rings. The molecule has 0 aliphatic carbocycles. The third-order valence-electron chi connectivity index (χ3n) is 1.92. The molecule has 1 atom stereocenters. The van der Waals surface area contributed by atoms with Gasteiger partial charge in [0.2, 0.25) is 11.5 Å². The number of benzene rings is 1. The smallest absolute Gasteiger partial charge is 0.377 e. The van der Waals surface area contributed by atoms with Crippen molar-refractivity contribution in [2.45, 2.75) is 5.72 Å². The molecular formula is C10H9NO5. The third kappa shape index (κ3) is 2.13. The predicted molar refractivity (Wildman–Crippen MR) is 52.6 cm³/mol. The lowest BCUT2D eigenvalue weighted by Crippen LogP contribution is -2.57. The molecule has 0 radical (unpaired) electrons. The number of nitrogens with two attached hydrogens (primary N) is 1. The number of carboxylic acid groups (broad SMARTS) is 1. The monoisotopic (exact) mass is 223 g/mol. The molecule has 0 amide bonds. The van der Waals surface area contributed by atoms with Gasteiger partial charge in [-0.15, -0.1) is 0 Å². The Hall–Kier alpha value is -2.05. The Morgan fingerprint density at radius 1 is 1.12 bits per heavy atom. The fraction of sp³-hybridized carbons (Fsp3) is 0.100. The van der Waals surface area contributed by atoms with E-state index in [4.69, 9.17) is 10.8 Å². The van der Waals surface area contributed by atoms with Crippen LogP contribution in [0.1, 0.15) is 10.4 Å². The van der Waals surface area contributed by atoms with E-state index >= 15 is 0 Å². The Kier molecular flexibility index (Phi) is 3.17. The standard InChI is InChI=1S/C10H9NO5/c11-10(16,8(13)9(14)15)7(12)6-4-2-1-3-5-6/h1-5,16H,11H2,(H,14,15). The van der Waals surface area contributed by atoms with Crippen molar-refractivity contribution in [3.63, 3.8) is 0 Å². The van der Waals surface area contributed by atoms with E-state index in [1.165, 1.54) is 24.3 Å². The first kappa shape index (κ1) is 12.0. The Labute approximate surface area is 90.3 Å². The Morgan fingerprint density at radius 2 is 1.62 bits per heavy atom. The van der Waals surface area contributed by atoms with Crippen molar-refractivity contribution in [2.75, 3.05) is 0 Å². The van der Waals surface area contributed by atoms with Gasteiger partial charge in [0.05, 0.1) is 0 Å². The van der Waals surface area contributed by atoms with Crippen molar-refractivity contribution < 1.29 is 24.6 Å². The highest BCUT2D eigenvalue weighted by atomic mass is 16.4. The first-order valence-electron chi connectivity index (χ1n) is 4.26. The summed E-state index contributed by atoms with van der Waals surface area (Å²) < 4.78 is 0. The van der Waals surface area contributed by atoms with Crippen LogP contribution in [-0.4, -0.2) is 33.5 Å². The number of hydrogen-bond donors (Lipinski definition) is 3. The number of aliphatic hydroxyl groups is 1. The number of carbonyl (C=O) groups is 3. The fourth-order valence-electron chi connectivity index (χ4n) is 1.08. The average molecular weight is 223 g/mol. The summed E-state index contributed by atoms with van der Waals surface area (Å²) in [6, 6.07) is 7.24. The number of ketones is 2. The molecule has 0 saturated carbocycles. The molecule has 0 aliphatic rings. The van der Waals surface area contributed by atoms with E-state index in [0.717, 1.165) is 0 Å². The summed E-state index contributed by atoms with van der Waals surface area (Å²) in [6.07, 6.45) is 0. The van der Waals surface area contributed by atoms with Crippen LogP contribution in [0.15, 0.2) is 30.3 Å². The first-order valence-corrected chi connectivity index (χ1v) is 4.26. The molecule has 1 unspecified atom stereocenters. The van der Waals surface area contributed by atoms with Crippen molar-refractivity contribution in [1.29, 1.82) is 0 Å². The van der Waals surface area contributed by atoms with Gasteiger partial charge in [-0.3, -0.25) is 15.3 Å². The van der Waals surface area contributed by atoms with E-state index in [1.54, 1.807) is 6.07 Å². The van der Waals surface area contributed by atoms with Crippen LogP contribution in [0.2, 0.25) is 0 Å². The summed E-state index contributed by atoms with van der Waals surface area (Å²) in [4.78, 5) is 32.9. The van der Waals surface area contributed by atoms with Crippen molar-refractivity contribution in [2.24, 2.45) is 5.73 Å². The van der Waals surface area contributed by atoms with Gasteiger partial charge in [0.1, 0.15) is 0 Å². The first-order chi connectivity index (χ1) is 7.37. The second-order valence-corrected chi connectivity index (χ2v) is 3.10. The minimum absolute atomic E-state index is 0.0397. The summed E-state index contributed by atoms with van der Waals surface area (Å²) in [5, 5.41) is 17.7. The van der Waals surface area contributed by atoms with Gasteiger partial charge in [-0.05, 0) is 0 Å². The Balaban J connectivity index is 3.06. The predicted octanol–water partition coefficient (Wildman–Crippen LogP) is -0.830. The number of rotatable bonds is 4. The van der Waals surface area contributed by atoms with Crippen LogP contribution in [0.3, 0.4) is 0 Å². The molecule has 0 aromatic heterocycles. The molecule has 0 spiro atoms. The zero-order valence-electron chi connectivity index (χ0n) is 8.08. The van der Waals surface area contributed by atoms with Crippen LogP contribution in [0.25, 0.3) is 0 Å². The fourth-order valence-corrected chi connectivity index (χ4v) is 1.08. The van der Waals surface area contributed by atoms with Crippen LogP contribution in [0, 0.1) is 0 Å². The topological polar surface area (TPSA) is 118 Å². The summed E-state index contributed by atoms with van der Waals surface area (Å²) in [6.45, 7) is 0. The maximum Gasteiger partial charge on any atom is 0.377 e. The SMILES string of the molecule is NC(O)(C(=O)C(=O)O)C(=O)c1ccccc1. The van der Waals surface area contributed by atoms with E-state index in [2.05, 4.69) is 0 Å². The highest BCUT2D eigenvalue weighted by Crippen LogP contribution is 2.10. The molecule has 0 heterocycles. The van der Waals surface area contributed by atoms with Gasteiger partial charge in [0.25, 0.3) is 5.78 Å². The van der Waals surface area contributed by atoms with Gasteiger partial charge < -0.3 is 10.2 Å². The number of carboxylic acids is 1. The van der Waals surface area contributed by atoms with Crippen molar-refractivity contribution in [3.8, 4) is 0 Å². The molecule has 1 aromatic rings. The summed E-state index contributed by atoms with van der Waals surface area (Å²) in [5.41, 5.74) is 1.94. The quantitative estimate of drug-likeness (QED) is 0.265. The largest absolute Gasteiger partial charge is 0.475 e. The van der Waals surface area contributed by atoms with Crippen LogP contribution in [0.4, 0.5) is 0 Å². The third-order valence-corrected chi connectivity index (χ3v) is 1.92. The van der Waals surface area contributed by atoms with Crippen LogP contribution in [0.5, 0.6) is 0 Å². The molecule has 84 valence electrons. The number of carbonyl (C=O) groups excluding carboxylic acids is 2. The maximum absolute atomic E-state index is 11.6. The van der Waals surface area contributed by atoms with Gasteiger partial charge in [-0.1, -0.05) is 30.3 Å². The minimum Gasteiger partial charge on any atom is -0.475 e. The summed E-state index contributed by atoms with van der Waals surface area (Å²) in [5.74, 6) is -4.88. The molecule has 16 heavy (non-hydrogen) atoms. The molecule has 0 bridgehead atoms. The summed E-state index contributed by atoms with van der Waals surface area (Å²) >= 11 is 0. The number of aliphatic carboxylic acids is 1. The molecule has 1 aromatic carbocycles. The van der Waals surface area contributed by atoms with E-state index in [1.807, 2.05) is 0 Å². The van der Waals surface area contributed by atoms with Crippen molar-refractivity contribution in [1.82, 2.24) is 0 Å². The molecule has 6 nitrogen and oxygen atoms in total. The molecule has 6 heteroatoms. The Morgan fingerprint density at radius 3 is 2.06 bits per heavy atom.